The second-order valence-corrected chi connectivity index (χ2v) is 27.1. The molecule has 0 aliphatic heterocycles. The van der Waals surface area contributed by atoms with Gasteiger partial charge < -0.3 is 43.0 Å². The fourth-order valence-electron chi connectivity index (χ4n) is 4.09. The maximum absolute atomic E-state index is 9.91. The van der Waals surface area contributed by atoms with Gasteiger partial charge in [0.05, 0.1) is 16.8 Å². The van der Waals surface area contributed by atoms with Gasteiger partial charge in [-0.3, -0.25) is 0 Å². The van der Waals surface area contributed by atoms with Gasteiger partial charge >= 0.3 is 17.4 Å². The van der Waals surface area contributed by atoms with E-state index in [1.807, 2.05) is 112 Å². The van der Waals surface area contributed by atoms with Crippen LogP contribution >= 0.6 is 0 Å². The molecule has 0 fully saturated rings. The first-order chi connectivity index (χ1) is 27.0. The molecular weight excluding hydrogens is 805 g/mol. The summed E-state index contributed by atoms with van der Waals surface area (Å²) >= 11 is 0. The van der Waals surface area contributed by atoms with Crippen molar-refractivity contribution < 1.29 is 43.0 Å². The number of benzene rings is 3. The van der Waals surface area contributed by atoms with E-state index in [0.29, 0.717) is 22.9 Å². The molecule has 0 saturated carbocycles. The molecule has 3 aromatic carbocycles. The highest BCUT2D eigenvalue weighted by Crippen LogP contribution is 2.19. The quantitative estimate of drug-likeness (QED) is 0.116. The summed E-state index contributed by atoms with van der Waals surface area (Å²) in [5.41, 5.74) is 3.90. The molecule has 348 valence electrons. The highest BCUT2D eigenvalue weighted by atomic mass is 28.4. The van der Waals surface area contributed by atoms with Gasteiger partial charge in [-0.2, -0.15) is 0 Å². The Balaban J connectivity index is -0.000000679. The van der Waals surface area contributed by atoms with E-state index in [2.05, 4.69) is 65.8 Å². The van der Waals surface area contributed by atoms with Crippen LogP contribution in [0.2, 0.25) is 19.6 Å². The van der Waals surface area contributed by atoms with Gasteiger partial charge in [0.25, 0.3) is 0 Å². The summed E-state index contributed by atoms with van der Waals surface area (Å²) in [6, 6.07) is 22.9. The molecule has 60 heavy (non-hydrogen) atoms. The third-order valence-electron chi connectivity index (χ3n) is 9.75. The van der Waals surface area contributed by atoms with Crippen LogP contribution in [0.15, 0.2) is 72.8 Å². The van der Waals surface area contributed by atoms with Crippen molar-refractivity contribution in [1.82, 2.24) is 0 Å². The SMILES string of the molecule is CCC(C)c1ccc([Si](C)(C)O)cc1.CCC(C)c1ccc([Si](C)(O)O)cc1.CCC(C)c1ccc([Si](O)(O)O)cc1.COC(C)(C)C.COC(C)(C)C.COC(C)(C)C. The van der Waals surface area contributed by atoms with Crippen molar-refractivity contribution in [3.8, 4) is 0 Å². The minimum Gasteiger partial charge on any atom is -0.428 e. The maximum Gasteiger partial charge on any atom is 0.528 e. The highest BCUT2D eigenvalue weighted by Gasteiger charge is 2.30. The summed E-state index contributed by atoms with van der Waals surface area (Å²) in [6.07, 6.45) is 3.31. The van der Waals surface area contributed by atoms with E-state index in [1.54, 1.807) is 33.5 Å². The standard InChI is InChI=1S/C12H20OSi.C11H18O2Si.C10H16O3Si.3C5H12O/c1-5-10(2)11-6-8-12(9-7-11)14(3,4)13;1-4-9(2)10-5-7-11(8-6-10)14(3,12)13;1-3-8(2)9-4-6-10(7-5-9)14(11,12)13;3*1-5(2,3)6-4/h6-10,13H,5H2,1-4H3;5-9,12-13H,4H2,1-3H3;4-8,11-13H,3H2,1-2H3;3*1-4H3. The van der Waals surface area contributed by atoms with E-state index in [9.17, 15) is 14.4 Å². The minimum absolute atomic E-state index is 0.0417. The van der Waals surface area contributed by atoms with E-state index < -0.39 is 25.7 Å². The molecule has 3 rings (SSSR count). The van der Waals surface area contributed by atoms with Gasteiger partial charge in [-0.05, 0) is 146 Å². The predicted octanol–water partition coefficient (Wildman–Crippen LogP) is 8.69. The van der Waals surface area contributed by atoms with Crippen LogP contribution in [0.25, 0.3) is 0 Å². The lowest BCUT2D eigenvalue weighted by atomic mass is 9.99. The van der Waals surface area contributed by atoms with Crippen LogP contribution in [0.4, 0.5) is 0 Å². The molecule has 3 unspecified atom stereocenters. The number of hydrogen-bond donors (Lipinski definition) is 6. The normalized spacial score (nSPS) is 13.4. The summed E-state index contributed by atoms with van der Waals surface area (Å²) in [5, 5.41) is 2.01. The summed E-state index contributed by atoms with van der Waals surface area (Å²) in [4.78, 5) is 55.9. The fraction of sp³-hybridized carbons (Fsp3) is 0.625. The Labute approximate surface area is 371 Å². The molecule has 12 heteroatoms. The van der Waals surface area contributed by atoms with Crippen LogP contribution in [0.3, 0.4) is 0 Å². The topological polar surface area (TPSA) is 149 Å². The van der Waals surface area contributed by atoms with Crippen LogP contribution in [0.5, 0.6) is 0 Å². The first-order valence-corrected chi connectivity index (χ1v) is 28.5. The molecule has 0 bridgehead atoms. The zero-order valence-electron chi connectivity index (χ0n) is 41.7. The molecule has 0 spiro atoms. The molecule has 0 aromatic heterocycles. The molecular formula is C48H90O9Si3. The van der Waals surface area contributed by atoms with Gasteiger partial charge in [0.2, 0.25) is 8.32 Å². The molecule has 0 aliphatic rings. The predicted molar refractivity (Wildman–Crippen MR) is 263 cm³/mol. The van der Waals surface area contributed by atoms with Gasteiger partial charge in [-0.15, -0.1) is 0 Å². The van der Waals surface area contributed by atoms with E-state index in [-0.39, 0.29) is 22.0 Å². The Morgan fingerprint density at radius 2 is 0.617 bits per heavy atom. The Bertz CT molecular complexity index is 1310. The largest absolute Gasteiger partial charge is 0.528 e. The lowest BCUT2D eigenvalue weighted by molar-refractivity contribution is 0.0394. The fourth-order valence-corrected chi connectivity index (χ4v) is 6.48. The molecule has 3 atom stereocenters. The Hall–Kier alpha value is -2.05. The van der Waals surface area contributed by atoms with Gasteiger partial charge in [0.15, 0.2) is 0 Å². The minimum atomic E-state index is -4.10. The summed E-state index contributed by atoms with van der Waals surface area (Å²) in [6.45, 7) is 36.5. The molecule has 9 nitrogen and oxygen atoms in total. The molecule has 0 saturated heterocycles. The van der Waals surface area contributed by atoms with Crippen LogP contribution in [-0.4, -0.2) is 92.6 Å². The monoisotopic (exact) mass is 895 g/mol. The molecule has 0 amide bonds. The summed E-state index contributed by atoms with van der Waals surface area (Å²) in [7, 11) is -4.18. The van der Waals surface area contributed by atoms with E-state index >= 15 is 0 Å². The zero-order valence-corrected chi connectivity index (χ0v) is 44.7. The van der Waals surface area contributed by atoms with E-state index in [0.717, 1.165) is 23.6 Å². The van der Waals surface area contributed by atoms with E-state index in [1.165, 1.54) is 24.1 Å². The van der Waals surface area contributed by atoms with Crippen molar-refractivity contribution >= 4 is 41.2 Å². The van der Waals surface area contributed by atoms with Crippen LogP contribution in [0, 0.1) is 0 Å². The Morgan fingerprint density at radius 1 is 0.417 bits per heavy atom. The van der Waals surface area contributed by atoms with Crippen molar-refractivity contribution in [1.29, 1.82) is 0 Å². The maximum atomic E-state index is 9.91. The van der Waals surface area contributed by atoms with Crippen molar-refractivity contribution in [2.24, 2.45) is 0 Å². The number of methoxy groups -OCH3 is 3. The van der Waals surface area contributed by atoms with Crippen molar-refractivity contribution in [3.05, 3.63) is 89.5 Å². The summed E-state index contributed by atoms with van der Waals surface area (Å²) in [5.74, 6) is 1.61. The number of rotatable bonds is 9. The van der Waals surface area contributed by atoms with E-state index in [4.69, 9.17) is 28.6 Å². The Morgan fingerprint density at radius 3 is 0.767 bits per heavy atom. The van der Waals surface area contributed by atoms with Crippen LogP contribution < -0.4 is 15.6 Å². The van der Waals surface area contributed by atoms with Crippen molar-refractivity contribution in [2.45, 2.75) is 177 Å². The van der Waals surface area contributed by atoms with Gasteiger partial charge in [-0.1, -0.05) is 114 Å². The Kier molecular flexibility index (Phi) is 29.7. The molecule has 0 radical (unpaired) electrons. The smallest absolute Gasteiger partial charge is 0.428 e. The third kappa shape index (κ3) is 31.7. The summed E-state index contributed by atoms with van der Waals surface area (Å²) < 4.78 is 14.8. The average molecular weight is 895 g/mol. The van der Waals surface area contributed by atoms with Crippen molar-refractivity contribution in [3.63, 3.8) is 0 Å². The lowest BCUT2D eigenvalue weighted by Gasteiger charge is -2.16. The van der Waals surface area contributed by atoms with Gasteiger partial charge in [-0.25, -0.2) is 0 Å². The van der Waals surface area contributed by atoms with Gasteiger partial charge in [0.1, 0.15) is 0 Å². The first kappa shape index (κ1) is 62.2. The molecule has 0 aliphatic carbocycles. The first-order valence-electron chi connectivity index (χ1n) is 21.3. The molecule has 0 heterocycles. The second kappa shape index (κ2) is 28.6. The average Bonchev–Trinajstić information content (AvgIpc) is 3.16. The molecule has 6 N–H and O–H groups in total. The van der Waals surface area contributed by atoms with Crippen molar-refractivity contribution in [2.75, 3.05) is 21.3 Å². The number of ether oxygens (including phenoxy) is 3. The van der Waals surface area contributed by atoms with Crippen LogP contribution in [-0.2, 0) is 14.2 Å². The number of hydrogen-bond acceptors (Lipinski definition) is 9. The highest BCUT2D eigenvalue weighted by molar-refractivity contribution is 6.83. The van der Waals surface area contributed by atoms with Crippen LogP contribution in [0.1, 0.15) is 158 Å². The molecule has 3 aromatic rings. The zero-order chi connectivity index (χ0) is 47.9. The lowest BCUT2D eigenvalue weighted by Crippen LogP contribution is -2.48. The van der Waals surface area contributed by atoms with Gasteiger partial charge in [0, 0.05) is 26.5 Å². The third-order valence-corrected chi connectivity index (χ3v) is 14.0. The second-order valence-electron chi connectivity index (χ2n) is 19.0.